The summed E-state index contributed by atoms with van der Waals surface area (Å²) in [5.74, 6) is 0. The summed E-state index contributed by atoms with van der Waals surface area (Å²) >= 11 is 0. The van der Waals surface area contributed by atoms with Crippen LogP contribution < -0.4 is 0 Å². The Labute approximate surface area is 54.7 Å². The molecule has 0 saturated heterocycles. The number of hydrogen-bond donors (Lipinski definition) is 0. The van der Waals surface area contributed by atoms with Crippen molar-refractivity contribution in [2.45, 2.75) is 12.8 Å². The molecule has 2 heteroatoms. The second kappa shape index (κ2) is 3.26. The van der Waals surface area contributed by atoms with Gasteiger partial charge in [0.2, 0.25) is 0 Å². The van der Waals surface area contributed by atoms with Crippen molar-refractivity contribution in [1.82, 2.24) is 0 Å². The topological polar surface area (TPSA) is 33.0 Å². The van der Waals surface area contributed by atoms with Gasteiger partial charge >= 0.3 is 0 Å². The van der Waals surface area contributed by atoms with E-state index in [1.807, 2.05) is 6.08 Å². The quantitative estimate of drug-likeness (QED) is 0.485. The van der Waals surface area contributed by atoms with Gasteiger partial charge in [0.05, 0.1) is 12.7 Å². The third-order valence-electron chi connectivity index (χ3n) is 1.33. The summed E-state index contributed by atoms with van der Waals surface area (Å²) in [7, 11) is 0. The Bertz CT molecular complexity index is 155. The van der Waals surface area contributed by atoms with Crippen LogP contribution >= 0.6 is 0 Å². The van der Waals surface area contributed by atoms with Crippen molar-refractivity contribution in [2.24, 2.45) is 0 Å². The van der Waals surface area contributed by atoms with Crippen LogP contribution in [0.2, 0.25) is 0 Å². The number of ether oxygens (including phenoxy) is 1. The molecule has 2 nitrogen and oxygen atoms in total. The first kappa shape index (κ1) is 6.31. The van der Waals surface area contributed by atoms with Gasteiger partial charge in [-0.3, -0.25) is 0 Å². The van der Waals surface area contributed by atoms with Crippen LogP contribution in [0.25, 0.3) is 0 Å². The molecule has 0 saturated carbocycles. The van der Waals surface area contributed by atoms with E-state index in [2.05, 4.69) is 6.07 Å². The molecule has 0 N–H and O–H groups in total. The van der Waals surface area contributed by atoms with Gasteiger partial charge in [0.1, 0.15) is 0 Å². The molecule has 0 aromatic rings. The Morgan fingerprint density at radius 1 is 1.67 bits per heavy atom. The van der Waals surface area contributed by atoms with Crippen LogP contribution in [-0.2, 0) is 4.74 Å². The van der Waals surface area contributed by atoms with E-state index in [0.717, 1.165) is 25.0 Å². The Morgan fingerprint density at radius 2 is 2.56 bits per heavy atom. The molecule has 1 heterocycles. The Kier molecular flexibility index (Phi) is 2.29. The highest BCUT2D eigenvalue weighted by atomic mass is 16.5. The van der Waals surface area contributed by atoms with E-state index in [-0.39, 0.29) is 0 Å². The van der Waals surface area contributed by atoms with Gasteiger partial charge < -0.3 is 4.74 Å². The number of rotatable bonds is 0. The lowest BCUT2D eigenvalue weighted by Gasteiger charge is -1.91. The van der Waals surface area contributed by atoms with Crippen molar-refractivity contribution in [1.29, 1.82) is 5.26 Å². The SMILES string of the molecule is N#CC1=CCOCCC1. The standard InChI is InChI=1S/C7H9NO/c8-6-7-2-1-4-9-5-3-7/h3H,1-2,4-5H2. The van der Waals surface area contributed by atoms with E-state index < -0.39 is 0 Å². The molecule has 1 rings (SSSR count). The molecular weight excluding hydrogens is 114 g/mol. The monoisotopic (exact) mass is 123 g/mol. The van der Waals surface area contributed by atoms with Gasteiger partial charge in [0, 0.05) is 12.2 Å². The molecule has 0 aromatic heterocycles. The summed E-state index contributed by atoms with van der Waals surface area (Å²) in [4.78, 5) is 0. The molecule has 0 atom stereocenters. The van der Waals surface area contributed by atoms with Gasteiger partial charge in [-0.05, 0) is 18.9 Å². The van der Waals surface area contributed by atoms with Crippen molar-refractivity contribution in [3.8, 4) is 6.07 Å². The molecule has 9 heavy (non-hydrogen) atoms. The molecule has 0 bridgehead atoms. The lowest BCUT2D eigenvalue weighted by atomic mass is 10.2. The lowest BCUT2D eigenvalue weighted by molar-refractivity contribution is 0.165. The number of nitrogens with zero attached hydrogens (tertiary/aromatic N) is 1. The largest absolute Gasteiger partial charge is 0.377 e. The molecule has 0 radical (unpaired) electrons. The average molecular weight is 123 g/mol. The third kappa shape index (κ3) is 1.87. The minimum Gasteiger partial charge on any atom is -0.377 e. The highest BCUT2D eigenvalue weighted by molar-refractivity contribution is 5.20. The highest BCUT2D eigenvalue weighted by Crippen LogP contribution is 2.07. The summed E-state index contributed by atoms with van der Waals surface area (Å²) < 4.78 is 5.10. The van der Waals surface area contributed by atoms with Crippen molar-refractivity contribution >= 4 is 0 Å². The Hall–Kier alpha value is -0.810. The number of nitriles is 1. The van der Waals surface area contributed by atoms with Crippen LogP contribution in [0.15, 0.2) is 11.6 Å². The van der Waals surface area contributed by atoms with Crippen molar-refractivity contribution in [3.05, 3.63) is 11.6 Å². The van der Waals surface area contributed by atoms with Gasteiger partial charge in [-0.25, -0.2) is 0 Å². The Morgan fingerprint density at radius 3 is 3.33 bits per heavy atom. The lowest BCUT2D eigenvalue weighted by Crippen LogP contribution is -1.88. The van der Waals surface area contributed by atoms with Crippen molar-refractivity contribution in [2.75, 3.05) is 13.2 Å². The van der Waals surface area contributed by atoms with Gasteiger partial charge in [0.15, 0.2) is 0 Å². The third-order valence-corrected chi connectivity index (χ3v) is 1.33. The van der Waals surface area contributed by atoms with Crippen LogP contribution in [0.5, 0.6) is 0 Å². The summed E-state index contributed by atoms with van der Waals surface area (Å²) in [6.45, 7) is 1.41. The molecule has 0 unspecified atom stereocenters. The second-order valence-electron chi connectivity index (χ2n) is 2.02. The molecule has 1 aliphatic rings. The zero-order chi connectivity index (χ0) is 6.53. The average Bonchev–Trinajstić information content (AvgIpc) is 2.13. The normalized spacial score (nSPS) is 19.7. The van der Waals surface area contributed by atoms with Crippen LogP contribution in [0, 0.1) is 11.3 Å². The predicted octanol–water partition coefficient (Wildman–Crippen LogP) is 1.25. The number of hydrogen-bond acceptors (Lipinski definition) is 2. The summed E-state index contributed by atoms with van der Waals surface area (Å²) in [6.07, 6.45) is 3.73. The summed E-state index contributed by atoms with van der Waals surface area (Å²) in [6, 6.07) is 2.12. The molecule has 0 fully saturated rings. The molecule has 0 amide bonds. The first-order chi connectivity index (χ1) is 4.43. The fraction of sp³-hybridized carbons (Fsp3) is 0.571. The van der Waals surface area contributed by atoms with Crippen LogP contribution in [0.4, 0.5) is 0 Å². The zero-order valence-corrected chi connectivity index (χ0v) is 5.26. The Balaban J connectivity index is 2.49. The van der Waals surface area contributed by atoms with Gasteiger partial charge in [-0.1, -0.05) is 0 Å². The van der Waals surface area contributed by atoms with E-state index in [1.54, 1.807) is 0 Å². The van der Waals surface area contributed by atoms with E-state index in [9.17, 15) is 0 Å². The number of allylic oxidation sites excluding steroid dienone is 1. The van der Waals surface area contributed by atoms with Gasteiger partial charge in [-0.15, -0.1) is 0 Å². The van der Waals surface area contributed by atoms with E-state index in [0.29, 0.717) is 6.61 Å². The predicted molar refractivity (Wildman–Crippen MR) is 33.7 cm³/mol. The van der Waals surface area contributed by atoms with Crippen molar-refractivity contribution in [3.63, 3.8) is 0 Å². The first-order valence-corrected chi connectivity index (χ1v) is 3.10. The maximum atomic E-state index is 8.44. The van der Waals surface area contributed by atoms with Crippen LogP contribution in [0.1, 0.15) is 12.8 Å². The molecular formula is C7H9NO. The first-order valence-electron chi connectivity index (χ1n) is 3.10. The molecule has 0 aliphatic carbocycles. The molecule has 0 aromatic carbocycles. The fourth-order valence-corrected chi connectivity index (χ4v) is 0.811. The minimum atomic E-state index is 0.614. The van der Waals surface area contributed by atoms with Crippen LogP contribution in [-0.4, -0.2) is 13.2 Å². The molecule has 1 aliphatic heterocycles. The smallest absolute Gasteiger partial charge is 0.0944 e. The zero-order valence-electron chi connectivity index (χ0n) is 5.26. The van der Waals surface area contributed by atoms with Crippen LogP contribution in [0.3, 0.4) is 0 Å². The fourth-order valence-electron chi connectivity index (χ4n) is 0.811. The van der Waals surface area contributed by atoms with E-state index in [4.69, 9.17) is 10.00 Å². The minimum absolute atomic E-state index is 0.614. The van der Waals surface area contributed by atoms with E-state index >= 15 is 0 Å². The van der Waals surface area contributed by atoms with Gasteiger partial charge in [0.25, 0.3) is 0 Å². The highest BCUT2D eigenvalue weighted by Gasteiger charge is 1.99. The van der Waals surface area contributed by atoms with E-state index in [1.165, 1.54) is 0 Å². The second-order valence-corrected chi connectivity index (χ2v) is 2.02. The summed E-state index contributed by atoms with van der Waals surface area (Å²) in [5, 5.41) is 8.44. The molecule has 0 spiro atoms. The van der Waals surface area contributed by atoms with Crippen molar-refractivity contribution < 1.29 is 4.74 Å². The maximum absolute atomic E-state index is 8.44. The summed E-state index contributed by atoms with van der Waals surface area (Å²) in [5.41, 5.74) is 0.868. The maximum Gasteiger partial charge on any atom is 0.0944 e. The molecule has 48 valence electrons. The van der Waals surface area contributed by atoms with Gasteiger partial charge in [-0.2, -0.15) is 5.26 Å².